The minimum atomic E-state index is -0.415. The smallest absolute Gasteiger partial charge is 0.245 e. The predicted octanol–water partition coefficient (Wildman–Crippen LogP) is 2.36. The van der Waals surface area contributed by atoms with E-state index in [1.807, 2.05) is 32.0 Å². The van der Waals surface area contributed by atoms with E-state index in [0.717, 1.165) is 15.7 Å². The van der Waals surface area contributed by atoms with Crippen LogP contribution >= 0.6 is 15.9 Å². The highest BCUT2D eigenvalue weighted by Crippen LogP contribution is 2.29. The first-order valence-corrected chi connectivity index (χ1v) is 7.02. The van der Waals surface area contributed by atoms with Crippen molar-refractivity contribution < 1.29 is 4.79 Å². The molecule has 1 N–H and O–H groups in total. The van der Waals surface area contributed by atoms with Crippen LogP contribution in [0.3, 0.4) is 0 Å². The molecule has 1 heterocycles. The Morgan fingerprint density at radius 3 is 2.95 bits per heavy atom. The molecular formula is C14H16BrN3O. The molecule has 5 heteroatoms. The second-order valence-electron chi connectivity index (χ2n) is 4.89. The van der Waals surface area contributed by atoms with Gasteiger partial charge in [0.15, 0.2) is 0 Å². The fourth-order valence-electron chi connectivity index (χ4n) is 2.30. The zero-order valence-electron chi connectivity index (χ0n) is 11.0. The first-order valence-electron chi connectivity index (χ1n) is 6.23. The molecule has 1 aliphatic heterocycles. The standard InChI is InChI=1S/C14H16BrN3O/c1-9-3-4-13(11(15)7-9)18-8-10(2)17-12(5-6-16)14(18)19/h3-4,7,10,12,17H,5,8H2,1-2H3. The van der Waals surface area contributed by atoms with Gasteiger partial charge in [-0.1, -0.05) is 6.07 Å². The summed E-state index contributed by atoms with van der Waals surface area (Å²) in [5, 5.41) is 12.0. The largest absolute Gasteiger partial charge is 0.308 e. The minimum Gasteiger partial charge on any atom is -0.308 e. The third kappa shape index (κ3) is 2.96. The Hall–Kier alpha value is -1.38. The Morgan fingerprint density at radius 1 is 1.58 bits per heavy atom. The highest BCUT2D eigenvalue weighted by atomic mass is 79.9. The second kappa shape index (κ2) is 5.72. The summed E-state index contributed by atoms with van der Waals surface area (Å²) in [4.78, 5) is 14.1. The number of hydrogen-bond donors (Lipinski definition) is 1. The molecule has 0 aromatic heterocycles. The van der Waals surface area contributed by atoms with Crippen molar-refractivity contribution in [2.75, 3.05) is 11.4 Å². The van der Waals surface area contributed by atoms with Crippen LogP contribution in [0.4, 0.5) is 5.69 Å². The van der Waals surface area contributed by atoms with E-state index < -0.39 is 6.04 Å². The summed E-state index contributed by atoms with van der Waals surface area (Å²) in [7, 11) is 0. The Balaban J connectivity index is 2.32. The molecule has 0 spiro atoms. The summed E-state index contributed by atoms with van der Waals surface area (Å²) in [6, 6.07) is 7.74. The number of halogens is 1. The molecule has 0 aliphatic carbocycles. The third-order valence-corrected chi connectivity index (χ3v) is 3.83. The van der Waals surface area contributed by atoms with Gasteiger partial charge in [-0.25, -0.2) is 0 Å². The lowest BCUT2D eigenvalue weighted by Gasteiger charge is -2.36. The van der Waals surface area contributed by atoms with Gasteiger partial charge in [-0.15, -0.1) is 0 Å². The number of carbonyl (C=O) groups excluding carboxylic acids is 1. The van der Waals surface area contributed by atoms with E-state index in [9.17, 15) is 4.79 Å². The Bertz CT molecular complexity index is 538. The highest BCUT2D eigenvalue weighted by molar-refractivity contribution is 9.10. The van der Waals surface area contributed by atoms with Crippen molar-refractivity contribution in [2.45, 2.75) is 32.4 Å². The van der Waals surface area contributed by atoms with Crippen LogP contribution in [-0.2, 0) is 4.79 Å². The highest BCUT2D eigenvalue weighted by Gasteiger charge is 2.33. The van der Waals surface area contributed by atoms with Crippen LogP contribution in [-0.4, -0.2) is 24.5 Å². The van der Waals surface area contributed by atoms with Gasteiger partial charge >= 0.3 is 0 Å². The van der Waals surface area contributed by atoms with Crippen LogP contribution in [0, 0.1) is 18.3 Å². The van der Waals surface area contributed by atoms with Gasteiger partial charge in [0.1, 0.15) is 6.04 Å². The first kappa shape index (κ1) is 14.0. The van der Waals surface area contributed by atoms with Gasteiger partial charge < -0.3 is 10.2 Å². The van der Waals surface area contributed by atoms with Crippen molar-refractivity contribution in [3.8, 4) is 6.07 Å². The van der Waals surface area contributed by atoms with Gasteiger partial charge in [0.05, 0.1) is 18.2 Å². The molecule has 2 rings (SSSR count). The number of piperazine rings is 1. The summed E-state index contributed by atoms with van der Waals surface area (Å²) in [6.45, 7) is 4.64. The fraction of sp³-hybridized carbons (Fsp3) is 0.429. The molecule has 100 valence electrons. The zero-order valence-corrected chi connectivity index (χ0v) is 12.6. The van der Waals surface area contributed by atoms with E-state index in [1.165, 1.54) is 0 Å². The number of rotatable bonds is 2. The Morgan fingerprint density at radius 2 is 2.32 bits per heavy atom. The summed E-state index contributed by atoms with van der Waals surface area (Å²) >= 11 is 3.51. The molecule has 0 radical (unpaired) electrons. The van der Waals surface area contributed by atoms with Crippen molar-refractivity contribution in [3.63, 3.8) is 0 Å². The lowest BCUT2D eigenvalue weighted by molar-refractivity contribution is -0.122. The van der Waals surface area contributed by atoms with Gasteiger partial charge in [-0.2, -0.15) is 5.26 Å². The number of nitriles is 1. The van der Waals surface area contributed by atoms with Crippen LogP contribution in [0.15, 0.2) is 22.7 Å². The quantitative estimate of drug-likeness (QED) is 0.909. The Kier molecular flexibility index (Phi) is 4.23. The fourth-order valence-corrected chi connectivity index (χ4v) is 3.01. The van der Waals surface area contributed by atoms with E-state index in [2.05, 4.69) is 27.3 Å². The molecule has 4 nitrogen and oxygen atoms in total. The van der Waals surface area contributed by atoms with E-state index in [0.29, 0.717) is 6.54 Å². The lowest BCUT2D eigenvalue weighted by atomic mass is 10.1. The molecule has 1 amide bonds. The summed E-state index contributed by atoms with van der Waals surface area (Å²) in [5.41, 5.74) is 2.01. The van der Waals surface area contributed by atoms with Crippen LogP contribution in [0.25, 0.3) is 0 Å². The number of carbonyl (C=O) groups is 1. The number of anilines is 1. The van der Waals surface area contributed by atoms with Crippen molar-refractivity contribution in [1.29, 1.82) is 5.26 Å². The second-order valence-corrected chi connectivity index (χ2v) is 5.74. The number of nitrogens with zero attached hydrogens (tertiary/aromatic N) is 2. The number of aryl methyl sites for hydroxylation is 1. The minimum absolute atomic E-state index is 0.0378. The molecule has 0 bridgehead atoms. The number of nitrogens with one attached hydrogen (secondary N) is 1. The zero-order chi connectivity index (χ0) is 14.0. The monoisotopic (exact) mass is 321 g/mol. The molecule has 1 fully saturated rings. The van der Waals surface area contributed by atoms with Crippen LogP contribution in [0.2, 0.25) is 0 Å². The van der Waals surface area contributed by atoms with Crippen molar-refractivity contribution in [2.24, 2.45) is 0 Å². The van der Waals surface area contributed by atoms with Crippen LogP contribution < -0.4 is 10.2 Å². The molecule has 0 saturated carbocycles. The maximum absolute atomic E-state index is 12.4. The van der Waals surface area contributed by atoms with E-state index in [-0.39, 0.29) is 18.4 Å². The van der Waals surface area contributed by atoms with Crippen LogP contribution in [0.5, 0.6) is 0 Å². The maximum Gasteiger partial charge on any atom is 0.245 e. The van der Waals surface area contributed by atoms with Gasteiger partial charge in [0, 0.05) is 17.1 Å². The average molecular weight is 322 g/mol. The third-order valence-electron chi connectivity index (χ3n) is 3.20. The van der Waals surface area contributed by atoms with Crippen molar-refractivity contribution in [3.05, 3.63) is 28.2 Å². The SMILES string of the molecule is Cc1ccc(N2CC(C)NC(CC#N)C2=O)c(Br)c1. The molecule has 1 aromatic carbocycles. The molecule has 1 saturated heterocycles. The number of hydrogen-bond acceptors (Lipinski definition) is 3. The van der Waals surface area contributed by atoms with Crippen molar-refractivity contribution in [1.82, 2.24) is 5.32 Å². The predicted molar refractivity (Wildman–Crippen MR) is 77.8 cm³/mol. The number of amides is 1. The summed E-state index contributed by atoms with van der Waals surface area (Å²) in [6.07, 6.45) is 0.198. The molecule has 2 unspecified atom stereocenters. The van der Waals surface area contributed by atoms with Crippen LogP contribution in [0.1, 0.15) is 18.9 Å². The maximum atomic E-state index is 12.4. The van der Waals surface area contributed by atoms with Crippen molar-refractivity contribution >= 4 is 27.5 Å². The first-order chi connectivity index (χ1) is 9.02. The van der Waals surface area contributed by atoms with Gasteiger partial charge in [0.25, 0.3) is 0 Å². The average Bonchev–Trinajstić information content (AvgIpc) is 2.34. The summed E-state index contributed by atoms with van der Waals surface area (Å²) < 4.78 is 0.908. The van der Waals surface area contributed by atoms with Gasteiger partial charge in [-0.3, -0.25) is 4.79 Å². The summed E-state index contributed by atoms with van der Waals surface area (Å²) in [5.74, 6) is -0.0378. The molecule has 1 aromatic rings. The normalized spacial score (nSPS) is 23.3. The van der Waals surface area contributed by atoms with E-state index in [4.69, 9.17) is 5.26 Å². The van der Waals surface area contributed by atoms with Gasteiger partial charge in [-0.05, 0) is 47.5 Å². The van der Waals surface area contributed by atoms with E-state index in [1.54, 1.807) is 4.90 Å². The molecule has 2 atom stereocenters. The molecule has 1 aliphatic rings. The topological polar surface area (TPSA) is 56.1 Å². The Labute approximate surface area is 121 Å². The number of benzene rings is 1. The lowest BCUT2D eigenvalue weighted by Crippen LogP contribution is -2.59. The van der Waals surface area contributed by atoms with Gasteiger partial charge in [0.2, 0.25) is 5.91 Å². The molecular weight excluding hydrogens is 306 g/mol. The molecule has 19 heavy (non-hydrogen) atoms. The van der Waals surface area contributed by atoms with E-state index >= 15 is 0 Å².